The number of nitrogens with one attached hydrogen (secondary N) is 1. The number of likely N-dealkylation sites (N-methyl/N-ethyl adjacent to an activating group) is 1. The fourth-order valence-corrected chi connectivity index (χ4v) is 7.47. The smallest absolute Gasteiger partial charge is 0.306 e. The summed E-state index contributed by atoms with van der Waals surface area (Å²) in [7, 11) is 1.95. The predicted octanol–water partition coefficient (Wildman–Crippen LogP) is 6.03. The molecule has 0 aromatic rings. The Labute approximate surface area is 270 Å². The number of hydrogen-bond donors (Lipinski definition) is 3. The Morgan fingerprint density at radius 3 is 2.09 bits per heavy atom. The van der Waals surface area contributed by atoms with Crippen LogP contribution in [0.25, 0.3) is 0 Å². The number of likely N-dealkylation sites (tertiary alicyclic amines) is 1. The van der Waals surface area contributed by atoms with Crippen LogP contribution in [-0.4, -0.2) is 94.2 Å². The number of carbonyl (C=O) groups is 2. The van der Waals surface area contributed by atoms with E-state index in [-0.39, 0.29) is 18.4 Å². The van der Waals surface area contributed by atoms with E-state index >= 15 is 0 Å². The molecular formula is C33H61ClN2O6S. The third-order valence-electron chi connectivity index (χ3n) is 9.11. The minimum atomic E-state index is -1.38. The van der Waals surface area contributed by atoms with Gasteiger partial charge in [-0.2, -0.15) is 0 Å². The lowest BCUT2D eigenvalue weighted by molar-refractivity contribution is -0.218. The van der Waals surface area contributed by atoms with Gasteiger partial charge < -0.3 is 25.0 Å². The number of rotatable bonds is 21. The number of hydrogen-bond acceptors (Lipinski definition) is 8. The van der Waals surface area contributed by atoms with Gasteiger partial charge in [0.05, 0.1) is 17.5 Å². The van der Waals surface area contributed by atoms with Crippen LogP contribution in [0.1, 0.15) is 124 Å². The van der Waals surface area contributed by atoms with Gasteiger partial charge in [-0.3, -0.25) is 14.5 Å². The zero-order chi connectivity index (χ0) is 31.8. The van der Waals surface area contributed by atoms with Crippen molar-refractivity contribution in [1.29, 1.82) is 0 Å². The molecule has 2 heterocycles. The summed E-state index contributed by atoms with van der Waals surface area (Å²) in [6.07, 6.45) is 14.8. The van der Waals surface area contributed by atoms with E-state index in [0.29, 0.717) is 5.92 Å². The second-order valence-corrected chi connectivity index (χ2v) is 14.5. The number of aliphatic hydroxyl groups excluding tert-OH is 2. The van der Waals surface area contributed by atoms with Crippen molar-refractivity contribution in [3.05, 3.63) is 0 Å². The van der Waals surface area contributed by atoms with E-state index in [4.69, 9.17) is 21.1 Å². The molecule has 2 saturated heterocycles. The molecule has 2 aliphatic heterocycles. The van der Waals surface area contributed by atoms with Crippen molar-refractivity contribution in [2.75, 3.05) is 19.8 Å². The van der Waals surface area contributed by atoms with E-state index in [9.17, 15) is 19.8 Å². The molecule has 0 radical (unpaired) electrons. The molecular weight excluding hydrogens is 588 g/mol. The molecule has 8 nitrogen and oxygen atoms in total. The second kappa shape index (κ2) is 21.3. The quantitative estimate of drug-likeness (QED) is 0.0787. The van der Waals surface area contributed by atoms with Crippen LogP contribution in [-0.2, 0) is 19.1 Å². The highest BCUT2D eigenvalue weighted by Crippen LogP contribution is 2.33. The molecule has 0 saturated carbocycles. The van der Waals surface area contributed by atoms with Crippen LogP contribution in [0.15, 0.2) is 0 Å². The van der Waals surface area contributed by atoms with Crippen molar-refractivity contribution in [3.63, 3.8) is 0 Å². The first-order valence-electron chi connectivity index (χ1n) is 17.0. The Morgan fingerprint density at radius 1 is 0.977 bits per heavy atom. The van der Waals surface area contributed by atoms with E-state index < -0.39 is 47.2 Å². The first-order chi connectivity index (χ1) is 20.6. The number of ether oxygens (including phenoxy) is 2. The monoisotopic (exact) mass is 648 g/mol. The van der Waals surface area contributed by atoms with Gasteiger partial charge in [-0.1, -0.05) is 90.9 Å². The highest BCUT2D eigenvalue weighted by molar-refractivity contribution is 7.99. The summed E-state index contributed by atoms with van der Waals surface area (Å²) in [6, 6.07) is -1.00. The van der Waals surface area contributed by atoms with Gasteiger partial charge in [-0.25, -0.2) is 0 Å². The van der Waals surface area contributed by atoms with Crippen molar-refractivity contribution in [3.8, 4) is 0 Å². The molecule has 9 unspecified atom stereocenters. The van der Waals surface area contributed by atoms with Gasteiger partial charge in [-0.15, -0.1) is 23.4 Å². The van der Waals surface area contributed by atoms with E-state index in [2.05, 4.69) is 24.1 Å². The summed E-state index contributed by atoms with van der Waals surface area (Å²) in [5.74, 6) is -0.0753. The van der Waals surface area contributed by atoms with Crippen LogP contribution in [0.5, 0.6) is 0 Å². The molecule has 0 aliphatic carbocycles. The molecule has 10 heteroatoms. The summed E-state index contributed by atoms with van der Waals surface area (Å²) in [4.78, 5) is 28.0. The summed E-state index contributed by atoms with van der Waals surface area (Å²) >= 11 is 7.81. The van der Waals surface area contributed by atoms with Crippen LogP contribution in [0.3, 0.4) is 0 Å². The van der Waals surface area contributed by atoms with Gasteiger partial charge in [0.2, 0.25) is 5.91 Å². The Hall–Kier alpha value is -0.580. The number of unbranched alkanes of at least 4 members (excludes halogenated alkanes) is 11. The maximum atomic E-state index is 13.3. The molecule has 252 valence electrons. The number of aliphatic hydroxyl groups is 2. The number of thioether (sulfide) groups is 1. The van der Waals surface area contributed by atoms with Gasteiger partial charge in [0, 0.05) is 13.0 Å². The van der Waals surface area contributed by atoms with Gasteiger partial charge >= 0.3 is 5.97 Å². The van der Waals surface area contributed by atoms with Gasteiger partial charge in [-0.05, 0) is 45.4 Å². The second-order valence-electron chi connectivity index (χ2n) is 12.8. The fourth-order valence-electron chi connectivity index (χ4n) is 6.54. The summed E-state index contributed by atoms with van der Waals surface area (Å²) in [5.41, 5.74) is -0.702. The molecule has 9 atom stereocenters. The van der Waals surface area contributed by atoms with Crippen LogP contribution in [0.2, 0.25) is 0 Å². The first kappa shape index (κ1) is 38.6. The third-order valence-corrected chi connectivity index (χ3v) is 10.2. The molecule has 0 aromatic carbocycles. The van der Waals surface area contributed by atoms with Gasteiger partial charge in [0.25, 0.3) is 0 Å². The lowest BCUT2D eigenvalue weighted by atomic mass is 9.92. The molecule has 0 spiro atoms. The Bertz CT molecular complexity index is 790. The Balaban J connectivity index is 1.79. The molecule has 0 aromatic heterocycles. The summed E-state index contributed by atoms with van der Waals surface area (Å²) in [6.45, 7) is 7.00. The average Bonchev–Trinajstić information content (AvgIpc) is 3.35. The van der Waals surface area contributed by atoms with Crippen LogP contribution in [0.4, 0.5) is 0 Å². The van der Waals surface area contributed by atoms with Crippen molar-refractivity contribution in [2.45, 2.75) is 171 Å². The number of halogens is 1. The minimum Gasteiger partial charge on any atom is -0.456 e. The molecule has 2 aliphatic rings. The predicted molar refractivity (Wildman–Crippen MR) is 176 cm³/mol. The maximum absolute atomic E-state index is 13.3. The number of alkyl halides is 1. The first-order valence-corrected chi connectivity index (χ1v) is 18.7. The van der Waals surface area contributed by atoms with E-state index in [1.807, 2.05) is 7.05 Å². The van der Waals surface area contributed by atoms with E-state index in [1.54, 1.807) is 13.2 Å². The van der Waals surface area contributed by atoms with Crippen LogP contribution >= 0.6 is 23.4 Å². The standard InChI is InChI=1S/C33H61ClN2O6S/c1-6-8-9-10-11-12-13-14-15-16-17-18-20-26(37)41-31-29(39)28(38)30(42-33(31)43-5)27(23(3)34)35-32(40)25-21-24(19-7-2)22-36(25)4/h23-25,27-31,33,38-39H,6-22H2,1-5H3,(H,35,40). The van der Waals surface area contributed by atoms with Crippen LogP contribution < -0.4 is 5.32 Å². The lowest BCUT2D eigenvalue weighted by Crippen LogP contribution is -2.65. The van der Waals surface area contributed by atoms with E-state index in [1.165, 1.54) is 69.5 Å². The van der Waals surface area contributed by atoms with Crippen molar-refractivity contribution in [1.82, 2.24) is 10.2 Å². The highest BCUT2D eigenvalue weighted by atomic mass is 35.5. The summed E-state index contributed by atoms with van der Waals surface area (Å²) in [5, 5.41) is 24.6. The fraction of sp³-hybridized carbons (Fsp3) is 0.939. The number of amides is 1. The minimum absolute atomic E-state index is 0.152. The van der Waals surface area contributed by atoms with Crippen molar-refractivity contribution >= 4 is 35.2 Å². The zero-order valence-electron chi connectivity index (χ0n) is 27.5. The molecule has 2 rings (SSSR count). The number of esters is 1. The van der Waals surface area contributed by atoms with Gasteiger partial charge in [0.1, 0.15) is 23.7 Å². The molecule has 3 N–H and O–H groups in total. The SMILES string of the molecule is CCCCCCCCCCCCCCC(=O)OC1C(SC)OC(C(NC(=O)C2CC(CCC)CN2C)C(C)Cl)C(O)C1O. The average molecular weight is 649 g/mol. The normalized spacial score (nSPS) is 29.3. The maximum Gasteiger partial charge on any atom is 0.306 e. The molecule has 0 bridgehead atoms. The Kier molecular flexibility index (Phi) is 19.1. The molecule has 1 amide bonds. The largest absolute Gasteiger partial charge is 0.456 e. The van der Waals surface area contributed by atoms with Gasteiger partial charge in [0.15, 0.2) is 6.10 Å². The highest BCUT2D eigenvalue weighted by Gasteiger charge is 2.50. The zero-order valence-corrected chi connectivity index (χ0v) is 29.1. The van der Waals surface area contributed by atoms with Crippen LogP contribution in [0, 0.1) is 5.92 Å². The molecule has 2 fully saturated rings. The number of nitrogens with zero attached hydrogens (tertiary/aromatic N) is 1. The van der Waals surface area contributed by atoms with E-state index in [0.717, 1.165) is 45.1 Å². The van der Waals surface area contributed by atoms with Crippen molar-refractivity contribution < 1.29 is 29.3 Å². The third kappa shape index (κ3) is 13.0. The number of carbonyl (C=O) groups excluding carboxylic acids is 2. The topological polar surface area (TPSA) is 108 Å². The lowest BCUT2D eigenvalue weighted by Gasteiger charge is -2.45. The molecule has 43 heavy (non-hydrogen) atoms. The Morgan fingerprint density at radius 2 is 1.56 bits per heavy atom. The van der Waals surface area contributed by atoms with Crippen molar-refractivity contribution in [2.24, 2.45) is 5.92 Å². The summed E-state index contributed by atoms with van der Waals surface area (Å²) < 4.78 is 11.8.